The predicted molar refractivity (Wildman–Crippen MR) is 119 cm³/mol. The highest BCUT2D eigenvalue weighted by molar-refractivity contribution is 9.10. The first-order chi connectivity index (χ1) is 13.7. The Bertz CT molecular complexity index is 974. The van der Waals surface area contributed by atoms with Gasteiger partial charge in [-0.1, -0.05) is 45.9 Å². The summed E-state index contributed by atoms with van der Waals surface area (Å²) in [5.74, 6) is 1.03. The average molecular weight is 457 g/mol. The second kappa shape index (κ2) is 8.92. The molecule has 28 heavy (non-hydrogen) atoms. The van der Waals surface area contributed by atoms with Gasteiger partial charge in [-0.15, -0.1) is 0 Å². The molecule has 0 atom stereocenters. The van der Waals surface area contributed by atoms with Crippen LogP contribution in [-0.2, 0) is 4.79 Å². The summed E-state index contributed by atoms with van der Waals surface area (Å²) in [5, 5.41) is 4.78. The molecule has 0 unspecified atom stereocenters. The highest BCUT2D eigenvalue weighted by atomic mass is 79.9. The minimum atomic E-state index is -0.0467. The second-order valence-electron chi connectivity index (χ2n) is 6.74. The first-order valence-electron chi connectivity index (χ1n) is 9.39. The van der Waals surface area contributed by atoms with E-state index in [1.54, 1.807) is 0 Å². The molecule has 7 heteroatoms. The summed E-state index contributed by atoms with van der Waals surface area (Å²) in [7, 11) is 0. The van der Waals surface area contributed by atoms with Gasteiger partial charge in [0.1, 0.15) is 5.03 Å². The Kier molecular flexibility index (Phi) is 6.12. The molecular formula is C21H21BrN4OS. The number of fused-ring (bicyclic) bond motifs is 1. The molecule has 4 rings (SSSR count). The van der Waals surface area contributed by atoms with E-state index < -0.39 is 0 Å². The van der Waals surface area contributed by atoms with Gasteiger partial charge < -0.3 is 10.2 Å². The molecule has 2 heterocycles. The number of rotatable bonds is 5. The minimum absolute atomic E-state index is 0.0467. The van der Waals surface area contributed by atoms with Crippen LogP contribution in [0.15, 0.2) is 58.0 Å². The summed E-state index contributed by atoms with van der Waals surface area (Å²) in [5.41, 5.74) is 1.71. The number of nitrogens with zero attached hydrogens (tertiary/aromatic N) is 3. The molecule has 3 aromatic rings. The van der Waals surface area contributed by atoms with Gasteiger partial charge in [-0.05, 0) is 49.6 Å². The van der Waals surface area contributed by atoms with E-state index in [4.69, 9.17) is 9.97 Å². The third-order valence-electron chi connectivity index (χ3n) is 4.66. The summed E-state index contributed by atoms with van der Waals surface area (Å²) in [6, 6.07) is 15.6. The maximum atomic E-state index is 12.4. The number of halogens is 1. The quantitative estimate of drug-likeness (QED) is 0.426. The number of para-hydroxylation sites is 1. The first-order valence-corrected chi connectivity index (χ1v) is 11.2. The van der Waals surface area contributed by atoms with E-state index in [9.17, 15) is 4.79 Å². The molecular weight excluding hydrogens is 436 g/mol. The Balaban J connectivity index is 1.51. The number of carbonyl (C=O) groups excluding carboxylic acids is 1. The van der Waals surface area contributed by atoms with E-state index >= 15 is 0 Å². The van der Waals surface area contributed by atoms with Crippen molar-refractivity contribution >= 4 is 56.1 Å². The lowest BCUT2D eigenvalue weighted by molar-refractivity contribution is -0.113. The molecule has 0 spiro atoms. The fraction of sp³-hybridized carbons (Fsp3) is 0.286. The van der Waals surface area contributed by atoms with Crippen molar-refractivity contribution in [3.8, 4) is 0 Å². The number of nitrogens with one attached hydrogen (secondary N) is 1. The monoisotopic (exact) mass is 456 g/mol. The number of thioether (sulfide) groups is 1. The molecule has 0 radical (unpaired) electrons. The minimum Gasteiger partial charge on any atom is -0.341 e. The number of benzene rings is 2. The molecule has 0 aliphatic carbocycles. The zero-order chi connectivity index (χ0) is 19.3. The van der Waals surface area contributed by atoms with Crippen LogP contribution in [0.4, 0.5) is 11.6 Å². The van der Waals surface area contributed by atoms with Crippen molar-refractivity contribution in [1.29, 1.82) is 0 Å². The van der Waals surface area contributed by atoms with E-state index in [1.165, 1.54) is 31.0 Å². The van der Waals surface area contributed by atoms with Crippen molar-refractivity contribution in [2.75, 3.05) is 29.1 Å². The van der Waals surface area contributed by atoms with Crippen LogP contribution < -0.4 is 10.2 Å². The Labute approximate surface area is 177 Å². The molecule has 1 aliphatic rings. The van der Waals surface area contributed by atoms with Crippen molar-refractivity contribution in [2.24, 2.45) is 0 Å². The second-order valence-corrected chi connectivity index (χ2v) is 8.62. The van der Waals surface area contributed by atoms with E-state index in [0.29, 0.717) is 5.75 Å². The molecule has 144 valence electrons. The van der Waals surface area contributed by atoms with Crippen LogP contribution in [0.3, 0.4) is 0 Å². The van der Waals surface area contributed by atoms with Crippen molar-refractivity contribution in [3.63, 3.8) is 0 Å². The number of aromatic nitrogens is 2. The zero-order valence-electron chi connectivity index (χ0n) is 15.4. The van der Waals surface area contributed by atoms with Crippen LogP contribution in [0.2, 0.25) is 0 Å². The zero-order valence-corrected chi connectivity index (χ0v) is 17.8. The van der Waals surface area contributed by atoms with Gasteiger partial charge in [0, 0.05) is 28.6 Å². The van der Waals surface area contributed by atoms with Crippen molar-refractivity contribution in [1.82, 2.24) is 9.97 Å². The molecule has 1 fully saturated rings. The lowest BCUT2D eigenvalue weighted by atomic mass is 10.1. The lowest BCUT2D eigenvalue weighted by Gasteiger charge is -2.27. The normalized spacial score (nSPS) is 14.2. The van der Waals surface area contributed by atoms with Gasteiger partial charge in [0.25, 0.3) is 0 Å². The SMILES string of the molecule is O=C(CSc1nc(N2CCCCC2)nc2ccccc12)Nc1ccc(Br)cc1. The van der Waals surface area contributed by atoms with Gasteiger partial charge in [0.15, 0.2) is 0 Å². The van der Waals surface area contributed by atoms with Gasteiger partial charge >= 0.3 is 0 Å². The summed E-state index contributed by atoms with van der Waals surface area (Å²) in [6.45, 7) is 1.99. The maximum absolute atomic E-state index is 12.4. The van der Waals surface area contributed by atoms with Gasteiger partial charge in [-0.2, -0.15) is 0 Å². The molecule has 0 saturated carbocycles. The van der Waals surface area contributed by atoms with Crippen molar-refractivity contribution in [2.45, 2.75) is 24.3 Å². The van der Waals surface area contributed by atoms with Crippen LogP contribution in [0, 0.1) is 0 Å². The molecule has 0 bridgehead atoms. The van der Waals surface area contributed by atoms with Crippen molar-refractivity contribution in [3.05, 3.63) is 53.0 Å². The Morgan fingerprint density at radius 2 is 1.79 bits per heavy atom. The molecule has 1 amide bonds. The average Bonchev–Trinajstić information content (AvgIpc) is 2.74. The number of hydrogen-bond acceptors (Lipinski definition) is 5. The fourth-order valence-corrected chi connectivity index (χ4v) is 4.32. The Morgan fingerprint density at radius 1 is 1.04 bits per heavy atom. The Hall–Kier alpha value is -2.12. The molecule has 5 nitrogen and oxygen atoms in total. The van der Waals surface area contributed by atoms with Crippen LogP contribution in [0.5, 0.6) is 0 Å². The van der Waals surface area contributed by atoms with Gasteiger partial charge in [-0.3, -0.25) is 4.79 Å². The number of piperidine rings is 1. The van der Waals surface area contributed by atoms with Crippen LogP contribution in [-0.4, -0.2) is 34.7 Å². The summed E-state index contributed by atoms with van der Waals surface area (Å²) < 4.78 is 0.984. The highest BCUT2D eigenvalue weighted by Crippen LogP contribution is 2.28. The standard InChI is InChI=1S/C21H21BrN4OS/c22-15-8-10-16(11-9-15)23-19(27)14-28-20-17-6-2-3-7-18(17)24-21(25-20)26-12-4-1-5-13-26/h2-3,6-11H,1,4-5,12-14H2,(H,23,27). The molecule has 2 aromatic carbocycles. The van der Waals surface area contributed by atoms with Crippen LogP contribution in [0.1, 0.15) is 19.3 Å². The maximum Gasteiger partial charge on any atom is 0.234 e. The summed E-state index contributed by atoms with van der Waals surface area (Å²) in [4.78, 5) is 24.2. The molecule has 1 N–H and O–H groups in total. The van der Waals surface area contributed by atoms with E-state index in [1.807, 2.05) is 48.5 Å². The van der Waals surface area contributed by atoms with E-state index in [0.717, 1.165) is 45.1 Å². The fourth-order valence-electron chi connectivity index (χ4n) is 3.25. The number of carbonyl (C=O) groups is 1. The van der Waals surface area contributed by atoms with Gasteiger partial charge in [0.2, 0.25) is 11.9 Å². The van der Waals surface area contributed by atoms with Crippen LogP contribution >= 0.6 is 27.7 Å². The van der Waals surface area contributed by atoms with Gasteiger partial charge in [-0.25, -0.2) is 9.97 Å². The van der Waals surface area contributed by atoms with E-state index in [-0.39, 0.29) is 5.91 Å². The summed E-state index contributed by atoms with van der Waals surface area (Å²) in [6.07, 6.45) is 3.62. The first kappa shape index (κ1) is 19.2. The van der Waals surface area contributed by atoms with Crippen LogP contribution in [0.25, 0.3) is 10.9 Å². The lowest BCUT2D eigenvalue weighted by Crippen LogP contribution is -2.31. The largest absolute Gasteiger partial charge is 0.341 e. The van der Waals surface area contributed by atoms with Crippen molar-refractivity contribution < 1.29 is 4.79 Å². The van der Waals surface area contributed by atoms with Gasteiger partial charge in [0.05, 0.1) is 11.3 Å². The predicted octanol–water partition coefficient (Wildman–Crippen LogP) is 5.11. The smallest absolute Gasteiger partial charge is 0.234 e. The summed E-state index contributed by atoms with van der Waals surface area (Å²) >= 11 is 4.86. The molecule has 1 aromatic heterocycles. The molecule has 1 aliphatic heterocycles. The number of anilines is 2. The molecule has 1 saturated heterocycles. The third kappa shape index (κ3) is 4.64. The third-order valence-corrected chi connectivity index (χ3v) is 6.18. The highest BCUT2D eigenvalue weighted by Gasteiger charge is 2.17. The topological polar surface area (TPSA) is 58.1 Å². The van der Waals surface area contributed by atoms with E-state index in [2.05, 4.69) is 26.1 Å². The Morgan fingerprint density at radius 3 is 2.57 bits per heavy atom. The number of hydrogen-bond donors (Lipinski definition) is 1. The number of amides is 1.